The Kier molecular flexibility index (Phi) is 4.68. The molecule has 0 saturated carbocycles. The minimum Gasteiger partial charge on any atom is -0.343 e. The number of hydrogen-bond acceptors (Lipinski definition) is 3. The molecule has 6 heteroatoms. The summed E-state index contributed by atoms with van der Waals surface area (Å²) in [6.07, 6.45) is 3.13. The SMILES string of the molecule is O=C(CNC(=O)c1ccccc1Cl)Nc1cccnc1. The summed E-state index contributed by atoms with van der Waals surface area (Å²) in [4.78, 5) is 27.4. The maximum Gasteiger partial charge on any atom is 0.253 e. The van der Waals surface area contributed by atoms with Crippen molar-refractivity contribution in [2.45, 2.75) is 0 Å². The fourth-order valence-corrected chi connectivity index (χ4v) is 1.76. The lowest BCUT2D eigenvalue weighted by Crippen LogP contribution is -2.33. The van der Waals surface area contributed by atoms with Gasteiger partial charge in [0, 0.05) is 6.20 Å². The molecule has 2 N–H and O–H groups in total. The number of halogens is 1. The molecule has 2 aromatic rings. The molecular weight excluding hydrogens is 278 g/mol. The zero-order chi connectivity index (χ0) is 14.4. The van der Waals surface area contributed by atoms with Crippen molar-refractivity contribution in [3.05, 3.63) is 59.4 Å². The monoisotopic (exact) mass is 289 g/mol. The molecule has 102 valence electrons. The molecule has 0 saturated heterocycles. The van der Waals surface area contributed by atoms with E-state index in [0.29, 0.717) is 16.3 Å². The Morgan fingerprint density at radius 1 is 1.15 bits per heavy atom. The number of carbonyl (C=O) groups excluding carboxylic acids is 2. The molecule has 0 spiro atoms. The molecule has 1 aromatic carbocycles. The number of rotatable bonds is 4. The summed E-state index contributed by atoms with van der Waals surface area (Å²) < 4.78 is 0. The number of carbonyl (C=O) groups is 2. The average Bonchev–Trinajstić information content (AvgIpc) is 2.46. The molecule has 0 aliphatic heterocycles. The number of aromatic nitrogens is 1. The van der Waals surface area contributed by atoms with Gasteiger partial charge in [-0.3, -0.25) is 14.6 Å². The molecule has 0 atom stereocenters. The third kappa shape index (κ3) is 3.80. The first-order chi connectivity index (χ1) is 9.66. The van der Waals surface area contributed by atoms with Crippen LogP contribution in [0.1, 0.15) is 10.4 Å². The van der Waals surface area contributed by atoms with Crippen molar-refractivity contribution in [3.8, 4) is 0 Å². The second kappa shape index (κ2) is 6.68. The third-order valence-corrected chi connectivity index (χ3v) is 2.80. The Morgan fingerprint density at radius 3 is 2.65 bits per heavy atom. The molecule has 20 heavy (non-hydrogen) atoms. The van der Waals surface area contributed by atoms with Gasteiger partial charge in [0.2, 0.25) is 5.91 Å². The zero-order valence-corrected chi connectivity index (χ0v) is 11.2. The van der Waals surface area contributed by atoms with Gasteiger partial charge >= 0.3 is 0 Å². The Morgan fingerprint density at radius 2 is 1.95 bits per heavy atom. The maximum absolute atomic E-state index is 11.8. The van der Waals surface area contributed by atoms with Crippen molar-refractivity contribution in [3.63, 3.8) is 0 Å². The van der Waals surface area contributed by atoms with Gasteiger partial charge in [-0.1, -0.05) is 23.7 Å². The standard InChI is InChI=1S/C14H12ClN3O2/c15-12-6-2-1-5-11(12)14(20)17-9-13(19)18-10-4-3-7-16-8-10/h1-8H,9H2,(H,17,20)(H,18,19). The molecule has 0 unspecified atom stereocenters. The van der Waals surface area contributed by atoms with Gasteiger partial charge < -0.3 is 10.6 Å². The summed E-state index contributed by atoms with van der Waals surface area (Å²) in [5.41, 5.74) is 0.910. The van der Waals surface area contributed by atoms with Crippen LogP contribution in [0.5, 0.6) is 0 Å². The van der Waals surface area contributed by atoms with E-state index in [1.165, 1.54) is 6.20 Å². The highest BCUT2D eigenvalue weighted by molar-refractivity contribution is 6.33. The summed E-state index contributed by atoms with van der Waals surface area (Å²) in [5, 5.41) is 5.46. The number of nitrogens with one attached hydrogen (secondary N) is 2. The largest absolute Gasteiger partial charge is 0.343 e. The molecule has 2 rings (SSSR count). The predicted molar refractivity (Wildman–Crippen MR) is 76.7 cm³/mol. The van der Waals surface area contributed by atoms with E-state index in [-0.39, 0.29) is 12.5 Å². The van der Waals surface area contributed by atoms with Gasteiger partial charge in [0.1, 0.15) is 0 Å². The molecule has 0 aliphatic rings. The van der Waals surface area contributed by atoms with Crippen molar-refractivity contribution >= 4 is 29.1 Å². The highest BCUT2D eigenvalue weighted by Crippen LogP contribution is 2.14. The van der Waals surface area contributed by atoms with Crippen LogP contribution in [0.25, 0.3) is 0 Å². The normalized spacial score (nSPS) is 9.85. The lowest BCUT2D eigenvalue weighted by atomic mass is 10.2. The van der Waals surface area contributed by atoms with Crippen molar-refractivity contribution in [2.75, 3.05) is 11.9 Å². The smallest absolute Gasteiger partial charge is 0.253 e. The number of anilines is 1. The van der Waals surface area contributed by atoms with Crippen molar-refractivity contribution < 1.29 is 9.59 Å². The van der Waals surface area contributed by atoms with Crippen LogP contribution in [0.4, 0.5) is 5.69 Å². The predicted octanol–water partition coefficient (Wildman–Crippen LogP) is 2.10. The molecule has 0 bridgehead atoms. The van der Waals surface area contributed by atoms with E-state index in [9.17, 15) is 9.59 Å². The van der Waals surface area contributed by atoms with Crippen LogP contribution in [-0.2, 0) is 4.79 Å². The van der Waals surface area contributed by atoms with Crippen LogP contribution in [0, 0.1) is 0 Å². The van der Waals surface area contributed by atoms with Crippen LogP contribution in [0.2, 0.25) is 5.02 Å². The number of pyridine rings is 1. The number of hydrogen-bond donors (Lipinski definition) is 2. The van der Waals surface area contributed by atoms with Crippen LogP contribution in [0.15, 0.2) is 48.8 Å². The van der Waals surface area contributed by atoms with E-state index in [0.717, 1.165) is 0 Å². The second-order valence-corrected chi connectivity index (χ2v) is 4.36. The Bertz CT molecular complexity index is 617. The quantitative estimate of drug-likeness (QED) is 0.905. The van der Waals surface area contributed by atoms with Gasteiger partial charge in [-0.25, -0.2) is 0 Å². The minimum atomic E-state index is -0.392. The highest BCUT2D eigenvalue weighted by Gasteiger charge is 2.10. The molecule has 5 nitrogen and oxygen atoms in total. The van der Waals surface area contributed by atoms with E-state index in [2.05, 4.69) is 15.6 Å². The van der Waals surface area contributed by atoms with Gasteiger partial charge in [-0.05, 0) is 24.3 Å². The van der Waals surface area contributed by atoms with E-state index in [1.54, 1.807) is 42.6 Å². The maximum atomic E-state index is 11.8. The van der Waals surface area contributed by atoms with Crippen molar-refractivity contribution in [2.24, 2.45) is 0 Å². The average molecular weight is 290 g/mol. The fourth-order valence-electron chi connectivity index (χ4n) is 1.54. The van der Waals surface area contributed by atoms with Crippen LogP contribution < -0.4 is 10.6 Å². The molecule has 0 aliphatic carbocycles. The topological polar surface area (TPSA) is 71.1 Å². The van der Waals surface area contributed by atoms with Crippen molar-refractivity contribution in [1.29, 1.82) is 0 Å². The molecule has 2 amide bonds. The van der Waals surface area contributed by atoms with Gasteiger partial charge in [-0.15, -0.1) is 0 Å². The fraction of sp³-hybridized carbons (Fsp3) is 0.0714. The summed E-state index contributed by atoms with van der Waals surface area (Å²) in [5.74, 6) is -0.727. The number of benzene rings is 1. The summed E-state index contributed by atoms with van der Waals surface area (Å²) in [7, 11) is 0. The van der Waals surface area contributed by atoms with E-state index in [1.807, 2.05) is 0 Å². The zero-order valence-electron chi connectivity index (χ0n) is 10.5. The highest BCUT2D eigenvalue weighted by atomic mass is 35.5. The van der Waals surface area contributed by atoms with Gasteiger partial charge in [0.05, 0.1) is 29.0 Å². The van der Waals surface area contributed by atoms with Crippen LogP contribution in [-0.4, -0.2) is 23.3 Å². The first-order valence-corrected chi connectivity index (χ1v) is 6.27. The molecule has 1 heterocycles. The Labute approximate surface area is 121 Å². The molecule has 1 aromatic heterocycles. The van der Waals surface area contributed by atoms with E-state index >= 15 is 0 Å². The van der Waals surface area contributed by atoms with Gasteiger partial charge in [-0.2, -0.15) is 0 Å². The lowest BCUT2D eigenvalue weighted by Gasteiger charge is -2.07. The second-order valence-electron chi connectivity index (χ2n) is 3.95. The van der Waals surface area contributed by atoms with Gasteiger partial charge in [0.25, 0.3) is 5.91 Å². The Balaban J connectivity index is 1.88. The Hall–Kier alpha value is -2.40. The van der Waals surface area contributed by atoms with Crippen LogP contribution in [0.3, 0.4) is 0 Å². The van der Waals surface area contributed by atoms with E-state index in [4.69, 9.17) is 11.6 Å². The third-order valence-electron chi connectivity index (χ3n) is 2.47. The number of amides is 2. The minimum absolute atomic E-state index is 0.140. The molecule has 0 radical (unpaired) electrons. The first-order valence-electron chi connectivity index (χ1n) is 5.89. The molecular formula is C14H12ClN3O2. The molecule has 0 fully saturated rings. The van der Waals surface area contributed by atoms with Gasteiger partial charge in [0.15, 0.2) is 0 Å². The van der Waals surface area contributed by atoms with Crippen molar-refractivity contribution in [1.82, 2.24) is 10.3 Å². The lowest BCUT2D eigenvalue weighted by molar-refractivity contribution is -0.115. The summed E-state index contributed by atoms with van der Waals surface area (Å²) in [6, 6.07) is 10.1. The van der Waals surface area contributed by atoms with Crippen LogP contribution >= 0.6 is 11.6 Å². The number of nitrogens with zero attached hydrogens (tertiary/aromatic N) is 1. The summed E-state index contributed by atoms with van der Waals surface area (Å²) in [6.45, 7) is -0.140. The first kappa shape index (κ1) is 14.0. The van der Waals surface area contributed by atoms with E-state index < -0.39 is 5.91 Å². The summed E-state index contributed by atoms with van der Waals surface area (Å²) >= 11 is 5.89.